The lowest BCUT2D eigenvalue weighted by atomic mass is 10.0. The predicted molar refractivity (Wildman–Crippen MR) is 120 cm³/mol. The number of aryl methyl sites for hydroxylation is 3. The maximum Gasteiger partial charge on any atom is 0.129 e. The molecule has 2 aromatic carbocycles. The Balaban J connectivity index is 1.88. The van der Waals surface area contributed by atoms with Gasteiger partial charge in [-0.3, -0.25) is 4.99 Å². The Morgan fingerprint density at radius 1 is 1.07 bits per heavy atom. The van der Waals surface area contributed by atoms with Crippen LogP contribution in [0.5, 0.6) is 5.75 Å². The minimum atomic E-state index is 0.453. The smallest absolute Gasteiger partial charge is 0.129 e. The van der Waals surface area contributed by atoms with Crippen molar-refractivity contribution < 1.29 is 4.74 Å². The van der Waals surface area contributed by atoms with Gasteiger partial charge in [0.2, 0.25) is 0 Å². The van der Waals surface area contributed by atoms with Gasteiger partial charge in [0.05, 0.1) is 6.61 Å². The summed E-state index contributed by atoms with van der Waals surface area (Å²) in [6.45, 7) is 7.15. The van der Waals surface area contributed by atoms with E-state index in [-0.39, 0.29) is 0 Å². The third kappa shape index (κ3) is 5.17. The zero-order valence-corrected chi connectivity index (χ0v) is 17.6. The summed E-state index contributed by atoms with van der Waals surface area (Å²) in [5.74, 6) is 1.50. The van der Waals surface area contributed by atoms with Gasteiger partial charge in [0.15, 0.2) is 0 Å². The molecule has 2 nitrogen and oxygen atoms in total. The molecule has 0 heterocycles. The normalized spacial score (nSPS) is 16.7. The van der Waals surface area contributed by atoms with E-state index in [1.807, 2.05) is 13.3 Å². The van der Waals surface area contributed by atoms with Crippen LogP contribution >= 0.6 is 8.58 Å². The summed E-state index contributed by atoms with van der Waals surface area (Å²) in [7, 11) is 2.37. The zero-order valence-electron chi connectivity index (χ0n) is 16.6. The van der Waals surface area contributed by atoms with Gasteiger partial charge in [-0.25, -0.2) is 0 Å². The predicted octanol–water partition coefficient (Wildman–Crippen LogP) is 4.80. The number of nitrogens with zero attached hydrogens (tertiary/aromatic N) is 1. The molecule has 3 heteroatoms. The van der Waals surface area contributed by atoms with Gasteiger partial charge in [0.25, 0.3) is 0 Å². The highest BCUT2D eigenvalue weighted by molar-refractivity contribution is 7.56. The van der Waals surface area contributed by atoms with Crippen LogP contribution in [-0.4, -0.2) is 19.9 Å². The van der Waals surface area contributed by atoms with Crippen molar-refractivity contribution in [3.63, 3.8) is 0 Å². The minimum Gasteiger partial charge on any atom is -0.492 e. The van der Waals surface area contributed by atoms with Crippen LogP contribution in [0.3, 0.4) is 0 Å². The standard InChI is InChI=1S/C24H28NOP/c1-17-10-11-22(21(13-17)15-25-4)27-23-14-18(2)12-19(3)24(23)26-16-20-8-6-5-7-9-20/h5-8,10-15,20,27H,9,16H2,1-4H3/b25-15+. The van der Waals surface area contributed by atoms with Crippen LogP contribution in [0.2, 0.25) is 0 Å². The number of allylic oxidation sites excluding steroid dienone is 3. The van der Waals surface area contributed by atoms with Crippen LogP contribution in [0.1, 0.15) is 28.7 Å². The largest absolute Gasteiger partial charge is 0.492 e. The molecular formula is C24H28NOP. The van der Waals surface area contributed by atoms with Gasteiger partial charge in [-0.2, -0.15) is 0 Å². The molecule has 27 heavy (non-hydrogen) atoms. The van der Waals surface area contributed by atoms with E-state index >= 15 is 0 Å². The second kappa shape index (κ2) is 9.15. The SMILES string of the molecule is C/N=C/c1cc(C)ccc1Pc1cc(C)cc(C)c1OCC1C=CC=CC1. The van der Waals surface area contributed by atoms with Gasteiger partial charge in [-0.1, -0.05) is 56.6 Å². The van der Waals surface area contributed by atoms with Crippen molar-refractivity contribution in [1.82, 2.24) is 0 Å². The number of rotatable bonds is 6. The number of benzene rings is 2. The fourth-order valence-corrected chi connectivity index (χ4v) is 4.79. The van der Waals surface area contributed by atoms with E-state index < -0.39 is 0 Å². The van der Waals surface area contributed by atoms with Gasteiger partial charge in [-0.05, 0) is 55.8 Å². The number of hydrogen-bond donors (Lipinski definition) is 0. The highest BCUT2D eigenvalue weighted by atomic mass is 31.1. The van der Waals surface area contributed by atoms with Crippen LogP contribution < -0.4 is 15.3 Å². The molecule has 0 radical (unpaired) electrons. The summed E-state index contributed by atoms with van der Waals surface area (Å²) in [5.41, 5.74) is 4.94. The third-order valence-corrected chi connectivity index (χ3v) is 6.04. The lowest BCUT2D eigenvalue weighted by Crippen LogP contribution is -2.17. The van der Waals surface area contributed by atoms with E-state index in [9.17, 15) is 0 Å². The first-order valence-electron chi connectivity index (χ1n) is 9.44. The maximum absolute atomic E-state index is 6.35. The van der Waals surface area contributed by atoms with Gasteiger partial charge in [0.1, 0.15) is 5.75 Å². The first-order chi connectivity index (χ1) is 13.1. The molecule has 2 atom stereocenters. The lowest BCUT2D eigenvalue weighted by Gasteiger charge is -2.19. The molecule has 0 aliphatic heterocycles. The van der Waals surface area contributed by atoms with Crippen LogP contribution in [0.15, 0.2) is 59.6 Å². The minimum absolute atomic E-state index is 0.453. The van der Waals surface area contributed by atoms with Crippen molar-refractivity contribution in [2.45, 2.75) is 27.2 Å². The van der Waals surface area contributed by atoms with Crippen molar-refractivity contribution >= 4 is 25.4 Å². The fraction of sp³-hybridized carbons (Fsp3) is 0.292. The van der Waals surface area contributed by atoms with Crippen molar-refractivity contribution in [3.05, 3.63) is 76.9 Å². The van der Waals surface area contributed by atoms with Crippen molar-refractivity contribution in [2.75, 3.05) is 13.7 Å². The molecule has 1 aliphatic rings. The molecule has 0 bridgehead atoms. The lowest BCUT2D eigenvalue weighted by molar-refractivity contribution is 0.276. The fourth-order valence-electron chi connectivity index (χ4n) is 3.37. The van der Waals surface area contributed by atoms with E-state index in [2.05, 4.69) is 80.4 Å². The Kier molecular flexibility index (Phi) is 6.63. The molecule has 0 saturated heterocycles. The van der Waals surface area contributed by atoms with E-state index in [0.717, 1.165) is 18.8 Å². The summed E-state index contributed by atoms with van der Waals surface area (Å²) in [6, 6.07) is 11.1. The summed E-state index contributed by atoms with van der Waals surface area (Å²) < 4.78 is 6.35. The molecule has 0 saturated carbocycles. The van der Waals surface area contributed by atoms with Crippen molar-refractivity contribution in [2.24, 2.45) is 10.9 Å². The number of hydrogen-bond acceptors (Lipinski definition) is 2. The van der Waals surface area contributed by atoms with Crippen LogP contribution in [0.25, 0.3) is 0 Å². The van der Waals surface area contributed by atoms with Gasteiger partial charge in [0, 0.05) is 30.0 Å². The number of ether oxygens (including phenoxy) is 1. The quantitative estimate of drug-likeness (QED) is 0.523. The highest BCUT2D eigenvalue weighted by Gasteiger charge is 2.14. The summed E-state index contributed by atoms with van der Waals surface area (Å²) in [6.07, 6.45) is 11.7. The molecule has 2 aromatic rings. The first kappa shape index (κ1) is 19.6. The molecule has 0 N–H and O–H groups in total. The molecule has 0 spiro atoms. The highest BCUT2D eigenvalue weighted by Crippen LogP contribution is 2.27. The van der Waals surface area contributed by atoms with Crippen LogP contribution in [0, 0.1) is 26.7 Å². The second-order valence-corrected chi connectivity index (χ2v) is 8.51. The molecule has 3 rings (SSSR count). The van der Waals surface area contributed by atoms with Crippen LogP contribution in [-0.2, 0) is 0 Å². The van der Waals surface area contributed by atoms with Crippen LogP contribution in [0.4, 0.5) is 0 Å². The average molecular weight is 377 g/mol. The molecule has 0 fully saturated rings. The van der Waals surface area contributed by atoms with Crippen molar-refractivity contribution in [3.8, 4) is 5.75 Å². The third-order valence-electron chi connectivity index (χ3n) is 4.67. The van der Waals surface area contributed by atoms with E-state index in [0.29, 0.717) is 14.5 Å². The Morgan fingerprint density at radius 2 is 1.93 bits per heavy atom. The molecular weight excluding hydrogens is 349 g/mol. The summed E-state index contributed by atoms with van der Waals surface area (Å²) in [4.78, 5) is 4.24. The second-order valence-electron chi connectivity index (χ2n) is 7.18. The van der Waals surface area contributed by atoms with Gasteiger partial charge >= 0.3 is 0 Å². The molecule has 140 valence electrons. The van der Waals surface area contributed by atoms with E-state index in [1.54, 1.807) is 0 Å². The Labute approximate surface area is 164 Å². The average Bonchev–Trinajstić information content (AvgIpc) is 2.64. The monoisotopic (exact) mass is 377 g/mol. The zero-order chi connectivity index (χ0) is 19.2. The topological polar surface area (TPSA) is 21.6 Å². The Hall–Kier alpha value is -2.18. The Bertz CT molecular complexity index is 895. The Morgan fingerprint density at radius 3 is 2.67 bits per heavy atom. The molecule has 0 amide bonds. The van der Waals surface area contributed by atoms with Crippen molar-refractivity contribution in [1.29, 1.82) is 0 Å². The maximum atomic E-state index is 6.35. The van der Waals surface area contributed by atoms with E-state index in [4.69, 9.17) is 4.74 Å². The molecule has 2 unspecified atom stereocenters. The molecule has 0 aromatic heterocycles. The first-order valence-corrected chi connectivity index (χ1v) is 10.4. The summed E-state index contributed by atoms with van der Waals surface area (Å²) in [5, 5.41) is 2.58. The van der Waals surface area contributed by atoms with Gasteiger partial charge in [-0.15, -0.1) is 0 Å². The van der Waals surface area contributed by atoms with E-state index in [1.165, 1.54) is 32.9 Å². The van der Waals surface area contributed by atoms with Gasteiger partial charge < -0.3 is 4.74 Å². The number of aliphatic imine (C=N–C) groups is 1. The summed E-state index contributed by atoms with van der Waals surface area (Å²) >= 11 is 0. The molecule has 1 aliphatic carbocycles.